The predicted molar refractivity (Wildman–Crippen MR) is 115 cm³/mol. The number of nitrogens with zero attached hydrogens (tertiary/aromatic N) is 1. The van der Waals surface area contributed by atoms with E-state index in [1.165, 1.54) is 37.4 Å². The van der Waals surface area contributed by atoms with E-state index in [1.807, 2.05) is 0 Å². The minimum atomic E-state index is -0.993. The van der Waals surface area contributed by atoms with Crippen molar-refractivity contribution in [1.29, 1.82) is 0 Å². The molecule has 1 aliphatic rings. The fourth-order valence-corrected chi connectivity index (χ4v) is 3.53. The number of amides is 2. The number of pyridine rings is 1. The molecule has 7 nitrogen and oxygen atoms in total. The number of methoxy groups -OCH3 is 1. The first-order chi connectivity index (χ1) is 15.4. The van der Waals surface area contributed by atoms with Gasteiger partial charge in [-0.25, -0.2) is 9.37 Å². The molecule has 0 radical (unpaired) electrons. The Labute approximate surface area is 183 Å². The SMILES string of the molecule is COc1ccc(CNC(=O)c2ccc3c(c2)C(=O)C(Cc2cccc(F)c2)C(=O)N3)cn1. The largest absolute Gasteiger partial charge is 0.481 e. The van der Waals surface area contributed by atoms with Gasteiger partial charge in [0.1, 0.15) is 11.7 Å². The number of rotatable bonds is 6. The molecule has 32 heavy (non-hydrogen) atoms. The van der Waals surface area contributed by atoms with Crippen LogP contribution in [0.2, 0.25) is 0 Å². The Balaban J connectivity index is 1.49. The molecule has 0 aliphatic carbocycles. The zero-order valence-electron chi connectivity index (χ0n) is 17.2. The zero-order valence-corrected chi connectivity index (χ0v) is 17.2. The van der Waals surface area contributed by atoms with Crippen LogP contribution in [-0.4, -0.2) is 29.7 Å². The van der Waals surface area contributed by atoms with Crippen molar-refractivity contribution >= 4 is 23.3 Å². The maximum absolute atomic E-state index is 13.5. The van der Waals surface area contributed by atoms with E-state index in [0.717, 1.165) is 5.56 Å². The van der Waals surface area contributed by atoms with Gasteiger partial charge in [0, 0.05) is 29.9 Å². The maximum atomic E-state index is 13.5. The highest BCUT2D eigenvalue weighted by atomic mass is 19.1. The highest BCUT2D eigenvalue weighted by Gasteiger charge is 2.34. The Kier molecular flexibility index (Phi) is 5.93. The van der Waals surface area contributed by atoms with Crippen LogP contribution in [0.25, 0.3) is 0 Å². The topological polar surface area (TPSA) is 97.4 Å². The number of halogens is 1. The third-order valence-corrected chi connectivity index (χ3v) is 5.23. The van der Waals surface area contributed by atoms with E-state index in [9.17, 15) is 18.8 Å². The number of benzene rings is 2. The minimum Gasteiger partial charge on any atom is -0.481 e. The number of nitrogens with one attached hydrogen (secondary N) is 2. The Bertz CT molecular complexity index is 1190. The van der Waals surface area contributed by atoms with Crippen molar-refractivity contribution in [3.8, 4) is 5.88 Å². The summed E-state index contributed by atoms with van der Waals surface area (Å²) in [6.45, 7) is 0.250. The van der Waals surface area contributed by atoms with Gasteiger partial charge in [-0.3, -0.25) is 14.4 Å². The molecule has 2 aromatic carbocycles. The number of ketones is 1. The van der Waals surface area contributed by atoms with Crippen LogP contribution in [0.15, 0.2) is 60.8 Å². The smallest absolute Gasteiger partial charge is 0.251 e. The van der Waals surface area contributed by atoms with Gasteiger partial charge in [-0.2, -0.15) is 0 Å². The fourth-order valence-electron chi connectivity index (χ4n) is 3.53. The second-order valence-corrected chi connectivity index (χ2v) is 7.39. The van der Waals surface area contributed by atoms with Gasteiger partial charge < -0.3 is 15.4 Å². The molecule has 1 unspecified atom stereocenters. The van der Waals surface area contributed by atoms with Crippen LogP contribution in [0.3, 0.4) is 0 Å². The predicted octanol–water partition coefficient (Wildman–Crippen LogP) is 3.15. The lowest BCUT2D eigenvalue weighted by Crippen LogP contribution is -2.37. The molecule has 2 heterocycles. The summed E-state index contributed by atoms with van der Waals surface area (Å²) in [6, 6.07) is 13.8. The van der Waals surface area contributed by atoms with Crippen molar-refractivity contribution in [3.05, 3.63) is 88.9 Å². The van der Waals surface area contributed by atoms with E-state index in [2.05, 4.69) is 15.6 Å². The molecule has 3 aromatic rings. The molecule has 162 valence electrons. The molecule has 0 bridgehead atoms. The first-order valence-corrected chi connectivity index (χ1v) is 9.95. The van der Waals surface area contributed by atoms with Gasteiger partial charge in [-0.05, 0) is 47.9 Å². The van der Waals surface area contributed by atoms with E-state index in [1.54, 1.807) is 30.5 Å². The monoisotopic (exact) mass is 433 g/mol. The van der Waals surface area contributed by atoms with E-state index in [0.29, 0.717) is 22.7 Å². The molecule has 0 saturated heterocycles. The highest BCUT2D eigenvalue weighted by molar-refractivity contribution is 6.21. The van der Waals surface area contributed by atoms with Crippen LogP contribution >= 0.6 is 0 Å². The summed E-state index contributed by atoms with van der Waals surface area (Å²) < 4.78 is 18.5. The normalized spacial score (nSPS) is 15.0. The highest BCUT2D eigenvalue weighted by Crippen LogP contribution is 2.29. The second-order valence-electron chi connectivity index (χ2n) is 7.39. The number of hydrogen-bond acceptors (Lipinski definition) is 5. The van der Waals surface area contributed by atoms with Gasteiger partial charge in [0.25, 0.3) is 5.91 Å². The summed E-state index contributed by atoms with van der Waals surface area (Å²) in [5.74, 6) is -2.17. The molecule has 0 saturated carbocycles. The Hall–Kier alpha value is -4.07. The van der Waals surface area contributed by atoms with Crippen molar-refractivity contribution in [1.82, 2.24) is 10.3 Å². The minimum absolute atomic E-state index is 0.0722. The van der Waals surface area contributed by atoms with Crippen molar-refractivity contribution < 1.29 is 23.5 Å². The summed E-state index contributed by atoms with van der Waals surface area (Å²) in [6.07, 6.45) is 1.67. The second kappa shape index (κ2) is 8.97. The van der Waals surface area contributed by atoms with E-state index in [-0.39, 0.29) is 24.4 Å². The van der Waals surface area contributed by atoms with Gasteiger partial charge in [-0.15, -0.1) is 0 Å². The molecule has 1 aliphatic heterocycles. The average Bonchev–Trinajstić information content (AvgIpc) is 2.80. The standard InChI is InChI=1S/C24H20FN3O4/c1-32-21-8-5-15(12-26-21)13-27-23(30)16-6-7-20-18(11-16)22(29)19(24(31)28-20)10-14-3-2-4-17(25)9-14/h2-9,11-12,19H,10,13H2,1H3,(H,27,30)(H,28,31). The van der Waals surface area contributed by atoms with Crippen LogP contribution in [-0.2, 0) is 17.8 Å². The van der Waals surface area contributed by atoms with Gasteiger partial charge in [0.2, 0.25) is 11.8 Å². The maximum Gasteiger partial charge on any atom is 0.251 e. The lowest BCUT2D eigenvalue weighted by atomic mass is 9.86. The lowest BCUT2D eigenvalue weighted by molar-refractivity contribution is -0.118. The number of carbonyl (C=O) groups excluding carboxylic acids is 3. The van der Waals surface area contributed by atoms with Crippen LogP contribution in [0.5, 0.6) is 5.88 Å². The molecular weight excluding hydrogens is 413 g/mol. The van der Waals surface area contributed by atoms with Crippen molar-refractivity contribution in [2.75, 3.05) is 12.4 Å². The van der Waals surface area contributed by atoms with Crippen molar-refractivity contribution in [2.24, 2.45) is 5.92 Å². The molecule has 0 fully saturated rings. The summed E-state index contributed by atoms with van der Waals surface area (Å²) >= 11 is 0. The third-order valence-electron chi connectivity index (χ3n) is 5.23. The summed E-state index contributed by atoms with van der Waals surface area (Å²) in [5.41, 5.74) is 2.23. The van der Waals surface area contributed by atoms with Gasteiger partial charge in [-0.1, -0.05) is 18.2 Å². The fraction of sp³-hybridized carbons (Fsp3) is 0.167. The molecule has 8 heteroatoms. The number of ether oxygens (including phenoxy) is 1. The van der Waals surface area contributed by atoms with Gasteiger partial charge in [0.15, 0.2) is 5.78 Å². The number of hydrogen-bond donors (Lipinski definition) is 2. The Morgan fingerprint density at radius 2 is 1.97 bits per heavy atom. The summed E-state index contributed by atoms with van der Waals surface area (Å²) in [4.78, 5) is 42.2. The number of Topliss-reactive ketones (excluding diaryl/α,β-unsaturated/α-hetero) is 1. The first-order valence-electron chi connectivity index (χ1n) is 9.95. The summed E-state index contributed by atoms with van der Waals surface area (Å²) in [5, 5.41) is 5.49. The third kappa shape index (κ3) is 4.49. The number of fused-ring (bicyclic) bond motifs is 1. The quantitative estimate of drug-likeness (QED) is 0.582. The van der Waals surface area contributed by atoms with E-state index >= 15 is 0 Å². The first kappa shape index (κ1) is 21.2. The molecule has 1 aromatic heterocycles. The number of anilines is 1. The van der Waals surface area contributed by atoms with Crippen molar-refractivity contribution in [2.45, 2.75) is 13.0 Å². The molecular formula is C24H20FN3O4. The van der Waals surface area contributed by atoms with Crippen LogP contribution in [0.1, 0.15) is 31.8 Å². The molecule has 2 amide bonds. The Morgan fingerprint density at radius 1 is 1.12 bits per heavy atom. The van der Waals surface area contributed by atoms with Crippen LogP contribution in [0, 0.1) is 11.7 Å². The molecule has 1 atom stereocenters. The molecule has 4 rings (SSSR count). The number of carbonyl (C=O) groups is 3. The average molecular weight is 433 g/mol. The van der Waals surface area contributed by atoms with Crippen LogP contribution in [0.4, 0.5) is 10.1 Å². The number of aromatic nitrogens is 1. The van der Waals surface area contributed by atoms with Gasteiger partial charge >= 0.3 is 0 Å². The lowest BCUT2D eigenvalue weighted by Gasteiger charge is -2.24. The molecule has 0 spiro atoms. The molecule has 2 N–H and O–H groups in total. The van der Waals surface area contributed by atoms with E-state index in [4.69, 9.17) is 4.74 Å². The van der Waals surface area contributed by atoms with Gasteiger partial charge in [0.05, 0.1) is 12.8 Å². The van der Waals surface area contributed by atoms with E-state index < -0.39 is 23.4 Å². The Morgan fingerprint density at radius 3 is 2.69 bits per heavy atom. The zero-order chi connectivity index (χ0) is 22.7. The van der Waals surface area contributed by atoms with Crippen LogP contribution < -0.4 is 15.4 Å². The summed E-state index contributed by atoms with van der Waals surface area (Å²) in [7, 11) is 1.52. The van der Waals surface area contributed by atoms with Crippen molar-refractivity contribution in [3.63, 3.8) is 0 Å².